The first-order valence-electron chi connectivity index (χ1n) is 6.07. The Labute approximate surface area is 119 Å². The van der Waals surface area contributed by atoms with Crippen molar-refractivity contribution in [1.82, 2.24) is 0 Å². The summed E-state index contributed by atoms with van der Waals surface area (Å²) in [6.07, 6.45) is 0. The third kappa shape index (κ3) is 3.34. The van der Waals surface area contributed by atoms with E-state index in [0.29, 0.717) is 0 Å². The van der Waals surface area contributed by atoms with Crippen molar-refractivity contribution in [2.45, 2.75) is 6.54 Å². The third-order valence-corrected chi connectivity index (χ3v) is 2.89. The molecule has 0 fully saturated rings. The monoisotopic (exact) mass is 295 g/mol. The van der Waals surface area contributed by atoms with E-state index in [0.717, 1.165) is 18.2 Å². The molecule has 0 unspecified atom stereocenters. The smallest absolute Gasteiger partial charge is 0.339 e. The van der Waals surface area contributed by atoms with E-state index < -0.39 is 23.4 Å². The molecular weight excluding hydrogens is 283 g/mol. The van der Waals surface area contributed by atoms with Gasteiger partial charge in [-0.3, -0.25) is 0 Å². The van der Waals surface area contributed by atoms with E-state index in [4.69, 9.17) is 0 Å². The first kappa shape index (κ1) is 14.9. The van der Waals surface area contributed by atoms with Crippen LogP contribution in [0.25, 0.3) is 0 Å². The molecule has 0 spiro atoms. The topological polar surface area (TPSA) is 38.3 Å². The quantitative estimate of drug-likeness (QED) is 0.877. The molecule has 0 bridgehead atoms. The molecule has 0 radical (unpaired) electrons. The maximum atomic E-state index is 13.5. The molecule has 6 heteroatoms. The maximum absolute atomic E-state index is 13.5. The predicted molar refractivity (Wildman–Crippen MR) is 71.4 cm³/mol. The average Bonchev–Trinajstić information content (AvgIpc) is 2.48. The summed E-state index contributed by atoms with van der Waals surface area (Å²) in [5.74, 6) is -3.18. The minimum atomic E-state index is -0.985. The van der Waals surface area contributed by atoms with Gasteiger partial charge in [0.05, 0.1) is 18.4 Å². The summed E-state index contributed by atoms with van der Waals surface area (Å²) in [5, 5.41) is 2.71. The van der Waals surface area contributed by atoms with Gasteiger partial charge in [0.1, 0.15) is 5.82 Å². The van der Waals surface area contributed by atoms with Crippen molar-refractivity contribution in [2.24, 2.45) is 0 Å². The van der Waals surface area contributed by atoms with E-state index in [9.17, 15) is 18.0 Å². The molecule has 0 saturated heterocycles. The number of esters is 1. The Bertz CT molecular complexity index is 674. The highest BCUT2D eigenvalue weighted by atomic mass is 19.2. The van der Waals surface area contributed by atoms with Crippen molar-refractivity contribution in [2.75, 3.05) is 12.4 Å². The summed E-state index contributed by atoms with van der Waals surface area (Å²) >= 11 is 0. The summed E-state index contributed by atoms with van der Waals surface area (Å²) in [6, 6.07) is 7.21. The number of carbonyl (C=O) groups excluding carboxylic acids is 1. The number of halogens is 3. The molecule has 2 rings (SSSR count). The van der Waals surface area contributed by atoms with Gasteiger partial charge < -0.3 is 10.1 Å². The summed E-state index contributed by atoms with van der Waals surface area (Å²) < 4.78 is 44.5. The average molecular weight is 295 g/mol. The predicted octanol–water partition coefficient (Wildman–Crippen LogP) is 3.50. The molecule has 1 N–H and O–H groups in total. The first-order chi connectivity index (χ1) is 10.0. The van der Waals surface area contributed by atoms with Crippen molar-refractivity contribution in [3.8, 4) is 0 Å². The number of hydrogen-bond donors (Lipinski definition) is 1. The lowest BCUT2D eigenvalue weighted by molar-refractivity contribution is 0.0601. The number of nitrogens with one attached hydrogen (secondary N) is 1. The Kier molecular flexibility index (Phi) is 4.47. The van der Waals surface area contributed by atoms with Crippen molar-refractivity contribution < 1.29 is 22.7 Å². The standard InChI is InChI=1S/C15H12F3NO2/c1-21-15(20)11-6-5-10(16)7-13(11)19-8-9-3-2-4-12(17)14(9)18/h2-7,19H,8H2,1H3. The van der Waals surface area contributed by atoms with Crippen LogP contribution < -0.4 is 5.32 Å². The van der Waals surface area contributed by atoms with Gasteiger partial charge in [-0.2, -0.15) is 0 Å². The van der Waals surface area contributed by atoms with Gasteiger partial charge in [-0.05, 0) is 24.3 Å². The number of anilines is 1. The molecular formula is C15H12F3NO2. The fourth-order valence-electron chi connectivity index (χ4n) is 1.83. The van der Waals surface area contributed by atoms with Crippen LogP contribution in [0.15, 0.2) is 36.4 Å². The van der Waals surface area contributed by atoms with Crippen LogP contribution in [0.2, 0.25) is 0 Å². The SMILES string of the molecule is COC(=O)c1ccc(F)cc1NCc1cccc(F)c1F. The van der Waals surface area contributed by atoms with Crippen LogP contribution >= 0.6 is 0 Å². The summed E-state index contributed by atoms with van der Waals surface area (Å²) in [6.45, 7) is -0.100. The molecule has 0 aliphatic rings. The maximum Gasteiger partial charge on any atom is 0.339 e. The zero-order valence-electron chi connectivity index (χ0n) is 11.1. The summed E-state index contributed by atoms with van der Waals surface area (Å²) in [7, 11) is 1.20. The van der Waals surface area contributed by atoms with Crippen molar-refractivity contribution >= 4 is 11.7 Å². The largest absolute Gasteiger partial charge is 0.465 e. The second-order valence-corrected chi connectivity index (χ2v) is 4.25. The van der Waals surface area contributed by atoms with Gasteiger partial charge in [0, 0.05) is 12.1 Å². The van der Waals surface area contributed by atoms with E-state index in [1.807, 2.05) is 0 Å². The Morgan fingerprint density at radius 3 is 2.67 bits per heavy atom. The molecule has 21 heavy (non-hydrogen) atoms. The van der Waals surface area contributed by atoms with E-state index >= 15 is 0 Å². The molecule has 2 aromatic rings. The number of carbonyl (C=O) groups is 1. The van der Waals surface area contributed by atoms with Gasteiger partial charge in [0.2, 0.25) is 0 Å². The third-order valence-electron chi connectivity index (χ3n) is 2.89. The highest BCUT2D eigenvalue weighted by molar-refractivity contribution is 5.95. The zero-order valence-corrected chi connectivity index (χ0v) is 11.1. The van der Waals surface area contributed by atoms with Gasteiger partial charge >= 0.3 is 5.97 Å². The Morgan fingerprint density at radius 2 is 1.95 bits per heavy atom. The molecule has 3 nitrogen and oxygen atoms in total. The Balaban J connectivity index is 2.25. The van der Waals surface area contributed by atoms with Gasteiger partial charge in [0.15, 0.2) is 11.6 Å². The highest BCUT2D eigenvalue weighted by Gasteiger charge is 2.14. The van der Waals surface area contributed by atoms with Crippen molar-refractivity contribution in [3.63, 3.8) is 0 Å². The van der Waals surface area contributed by atoms with Crippen LogP contribution in [0, 0.1) is 17.5 Å². The van der Waals surface area contributed by atoms with Crippen LogP contribution in [0.3, 0.4) is 0 Å². The van der Waals surface area contributed by atoms with E-state index in [1.165, 1.54) is 25.3 Å². The fourth-order valence-corrected chi connectivity index (χ4v) is 1.83. The normalized spacial score (nSPS) is 10.3. The van der Waals surface area contributed by atoms with Crippen molar-refractivity contribution in [1.29, 1.82) is 0 Å². The minimum absolute atomic E-state index is 0.0649. The van der Waals surface area contributed by atoms with E-state index in [1.54, 1.807) is 0 Å². The van der Waals surface area contributed by atoms with Crippen molar-refractivity contribution in [3.05, 3.63) is 65.0 Å². The minimum Gasteiger partial charge on any atom is -0.465 e. The van der Waals surface area contributed by atoms with Crippen LogP contribution in [-0.4, -0.2) is 13.1 Å². The van der Waals surface area contributed by atoms with Gasteiger partial charge in [-0.1, -0.05) is 12.1 Å². The van der Waals surface area contributed by atoms with Gasteiger partial charge in [-0.25, -0.2) is 18.0 Å². The second kappa shape index (κ2) is 6.30. The number of rotatable bonds is 4. The Hall–Kier alpha value is -2.50. The summed E-state index contributed by atoms with van der Waals surface area (Å²) in [5.41, 5.74) is 0.316. The molecule has 0 aliphatic carbocycles. The van der Waals surface area contributed by atoms with Gasteiger partial charge in [-0.15, -0.1) is 0 Å². The van der Waals surface area contributed by atoms with Crippen LogP contribution in [0.1, 0.15) is 15.9 Å². The molecule has 0 amide bonds. The van der Waals surface area contributed by atoms with E-state index in [-0.39, 0.29) is 23.4 Å². The number of hydrogen-bond acceptors (Lipinski definition) is 3. The lowest BCUT2D eigenvalue weighted by Crippen LogP contribution is -2.09. The fraction of sp³-hybridized carbons (Fsp3) is 0.133. The first-order valence-corrected chi connectivity index (χ1v) is 6.07. The lowest BCUT2D eigenvalue weighted by Gasteiger charge is -2.11. The lowest BCUT2D eigenvalue weighted by atomic mass is 10.1. The van der Waals surface area contributed by atoms with E-state index in [2.05, 4.69) is 10.1 Å². The molecule has 0 saturated carbocycles. The Morgan fingerprint density at radius 1 is 1.19 bits per heavy atom. The van der Waals surface area contributed by atoms with Crippen LogP contribution in [0.5, 0.6) is 0 Å². The second-order valence-electron chi connectivity index (χ2n) is 4.25. The van der Waals surface area contributed by atoms with Crippen LogP contribution in [0.4, 0.5) is 18.9 Å². The molecule has 0 atom stereocenters. The summed E-state index contributed by atoms with van der Waals surface area (Å²) in [4.78, 5) is 11.6. The van der Waals surface area contributed by atoms with Gasteiger partial charge in [0.25, 0.3) is 0 Å². The highest BCUT2D eigenvalue weighted by Crippen LogP contribution is 2.20. The molecule has 0 aliphatic heterocycles. The zero-order chi connectivity index (χ0) is 15.4. The molecule has 0 heterocycles. The molecule has 0 aromatic heterocycles. The van der Waals surface area contributed by atoms with Crippen LogP contribution in [-0.2, 0) is 11.3 Å². The molecule has 2 aromatic carbocycles. The number of benzene rings is 2. The number of ether oxygens (including phenoxy) is 1. The number of methoxy groups -OCH3 is 1. The molecule has 110 valence electrons.